The van der Waals surface area contributed by atoms with Crippen molar-refractivity contribution in [3.05, 3.63) is 12.2 Å². The van der Waals surface area contributed by atoms with E-state index in [-0.39, 0.29) is 5.97 Å². The molecule has 0 amide bonds. The second-order valence-corrected chi connectivity index (χ2v) is 12.0. The number of unbranched alkanes of at least 4 members (excludes halogenated alkanes) is 6. The Morgan fingerprint density at radius 2 is 1.46 bits per heavy atom. The van der Waals surface area contributed by atoms with E-state index < -0.39 is 8.32 Å². The Labute approximate surface area is 151 Å². The molecule has 0 saturated heterocycles. The van der Waals surface area contributed by atoms with E-state index in [0.717, 1.165) is 0 Å². The van der Waals surface area contributed by atoms with Gasteiger partial charge in [0.05, 0.1) is 0 Å². The second-order valence-electron chi connectivity index (χ2n) is 7.84. The molecule has 1 saturated carbocycles. The zero-order valence-corrected chi connectivity index (χ0v) is 17.5. The maximum absolute atomic E-state index is 12.4. The largest absolute Gasteiger partial charge is 0.516 e. The summed E-state index contributed by atoms with van der Waals surface area (Å²) < 4.78 is 6.34. The highest BCUT2D eigenvalue weighted by Gasteiger charge is 2.46. The Morgan fingerprint density at radius 3 is 1.88 bits per heavy atom. The van der Waals surface area contributed by atoms with Gasteiger partial charge in [-0.2, -0.15) is 0 Å². The van der Waals surface area contributed by atoms with Crippen molar-refractivity contribution in [1.29, 1.82) is 0 Å². The highest BCUT2D eigenvalue weighted by molar-refractivity contribution is 6.76. The second kappa shape index (κ2) is 11.9. The third-order valence-corrected chi connectivity index (χ3v) is 10.7. The molecule has 1 aliphatic rings. The molecule has 1 rings (SSSR count). The van der Waals surface area contributed by atoms with Crippen LogP contribution < -0.4 is 0 Å². The molecule has 24 heavy (non-hydrogen) atoms. The molecule has 0 unspecified atom stereocenters. The van der Waals surface area contributed by atoms with Crippen molar-refractivity contribution in [2.45, 2.75) is 115 Å². The minimum absolute atomic E-state index is 0.112. The highest BCUT2D eigenvalue weighted by atomic mass is 28.4. The molecule has 0 bridgehead atoms. The average molecular weight is 353 g/mol. The molecule has 0 N–H and O–H groups in total. The van der Waals surface area contributed by atoms with E-state index in [2.05, 4.69) is 20.4 Å². The fourth-order valence-corrected chi connectivity index (χ4v) is 9.28. The van der Waals surface area contributed by atoms with E-state index in [4.69, 9.17) is 4.43 Å². The monoisotopic (exact) mass is 352 g/mol. The first-order chi connectivity index (χ1) is 11.6. The van der Waals surface area contributed by atoms with Crippen molar-refractivity contribution in [1.82, 2.24) is 0 Å². The molecule has 0 atom stereocenters. The van der Waals surface area contributed by atoms with Gasteiger partial charge in [0.25, 0.3) is 8.32 Å². The van der Waals surface area contributed by atoms with Crippen molar-refractivity contribution in [3.63, 3.8) is 0 Å². The normalized spacial score (nSPS) is 15.6. The molecule has 0 aromatic rings. The standard InChI is InChI=1S/C21H40O2Si/c1-5-7-9-13-17-24(18-14-10-8-6-2,20-15-11-12-16-20)23-21(22)19(3)4/h20H,3,5-18H2,1-2,4H3. The summed E-state index contributed by atoms with van der Waals surface area (Å²) in [7, 11) is -2.00. The van der Waals surface area contributed by atoms with Gasteiger partial charge in [-0.25, -0.2) is 4.79 Å². The molecule has 0 radical (unpaired) electrons. The van der Waals surface area contributed by atoms with Gasteiger partial charge in [-0.15, -0.1) is 0 Å². The average Bonchev–Trinajstić information content (AvgIpc) is 3.10. The van der Waals surface area contributed by atoms with E-state index >= 15 is 0 Å². The van der Waals surface area contributed by atoms with Crippen LogP contribution in [0, 0.1) is 0 Å². The summed E-state index contributed by atoms with van der Waals surface area (Å²) in [6, 6.07) is 2.37. The summed E-state index contributed by atoms with van der Waals surface area (Å²) in [6.07, 6.45) is 15.4. The Morgan fingerprint density at radius 1 is 0.958 bits per heavy atom. The van der Waals surface area contributed by atoms with Crippen LogP contribution in [-0.2, 0) is 9.22 Å². The maximum atomic E-state index is 12.4. The van der Waals surface area contributed by atoms with Crippen LogP contribution in [0.15, 0.2) is 12.2 Å². The summed E-state index contributed by atoms with van der Waals surface area (Å²) in [6.45, 7) is 10.1. The zero-order chi connectivity index (χ0) is 17.8. The van der Waals surface area contributed by atoms with Crippen LogP contribution in [0.3, 0.4) is 0 Å². The lowest BCUT2D eigenvalue weighted by molar-refractivity contribution is -0.131. The molecule has 0 aliphatic heterocycles. The van der Waals surface area contributed by atoms with Crippen LogP contribution in [0.2, 0.25) is 17.6 Å². The van der Waals surface area contributed by atoms with Crippen molar-refractivity contribution >= 4 is 14.3 Å². The fraction of sp³-hybridized carbons (Fsp3) is 0.857. The number of hydrogen-bond donors (Lipinski definition) is 0. The molecule has 0 aromatic heterocycles. The fourth-order valence-electron chi connectivity index (χ4n) is 4.14. The quantitative estimate of drug-likeness (QED) is 0.200. The Kier molecular flexibility index (Phi) is 10.6. The van der Waals surface area contributed by atoms with Crippen LogP contribution in [-0.4, -0.2) is 14.3 Å². The van der Waals surface area contributed by atoms with Gasteiger partial charge in [0, 0.05) is 5.57 Å². The molecule has 0 aromatic carbocycles. The smallest absolute Gasteiger partial charge is 0.319 e. The van der Waals surface area contributed by atoms with Crippen LogP contribution in [0.4, 0.5) is 0 Å². The number of carbonyl (C=O) groups is 1. The van der Waals surface area contributed by atoms with Crippen LogP contribution >= 0.6 is 0 Å². The lowest BCUT2D eigenvalue weighted by Crippen LogP contribution is -2.44. The van der Waals surface area contributed by atoms with Crippen LogP contribution in [0.1, 0.15) is 97.8 Å². The van der Waals surface area contributed by atoms with Gasteiger partial charge in [0.15, 0.2) is 0 Å². The van der Waals surface area contributed by atoms with Crippen molar-refractivity contribution in [3.8, 4) is 0 Å². The molecule has 1 fully saturated rings. The topological polar surface area (TPSA) is 26.3 Å². The minimum Gasteiger partial charge on any atom is -0.516 e. The summed E-state index contributed by atoms with van der Waals surface area (Å²) >= 11 is 0. The van der Waals surface area contributed by atoms with Gasteiger partial charge < -0.3 is 4.43 Å². The summed E-state index contributed by atoms with van der Waals surface area (Å²) in [5.74, 6) is -0.112. The zero-order valence-electron chi connectivity index (χ0n) is 16.5. The molecule has 0 heterocycles. The number of carbonyl (C=O) groups excluding carboxylic acids is 1. The van der Waals surface area contributed by atoms with Crippen LogP contribution in [0.25, 0.3) is 0 Å². The molecule has 0 spiro atoms. The number of hydrogen-bond acceptors (Lipinski definition) is 2. The van der Waals surface area contributed by atoms with E-state index in [1.54, 1.807) is 6.92 Å². The molecular weight excluding hydrogens is 312 g/mol. The summed E-state index contributed by atoms with van der Waals surface area (Å²) in [4.78, 5) is 12.4. The third-order valence-electron chi connectivity index (χ3n) is 5.65. The highest BCUT2D eigenvalue weighted by Crippen LogP contribution is 2.45. The molecule has 3 heteroatoms. The van der Waals surface area contributed by atoms with E-state index in [1.165, 1.54) is 89.1 Å². The van der Waals surface area contributed by atoms with Gasteiger partial charge >= 0.3 is 5.97 Å². The maximum Gasteiger partial charge on any atom is 0.319 e. The Balaban J connectivity index is 2.82. The SMILES string of the molecule is C=C(C)C(=O)O[Si](CCCCCC)(CCCCCC)C1CCCC1. The Bertz CT molecular complexity index is 360. The summed E-state index contributed by atoms with van der Waals surface area (Å²) in [5.41, 5.74) is 1.27. The van der Waals surface area contributed by atoms with Crippen molar-refractivity contribution < 1.29 is 9.22 Å². The first-order valence-electron chi connectivity index (χ1n) is 10.4. The summed E-state index contributed by atoms with van der Waals surface area (Å²) in [5, 5.41) is 0. The van der Waals surface area contributed by atoms with Gasteiger partial charge in [-0.05, 0) is 37.4 Å². The van der Waals surface area contributed by atoms with Gasteiger partial charge in [0.1, 0.15) is 0 Å². The third kappa shape index (κ3) is 7.12. The van der Waals surface area contributed by atoms with E-state index in [0.29, 0.717) is 11.1 Å². The van der Waals surface area contributed by atoms with Crippen molar-refractivity contribution in [2.75, 3.05) is 0 Å². The number of rotatable bonds is 13. The molecule has 2 nitrogen and oxygen atoms in total. The lowest BCUT2D eigenvalue weighted by Gasteiger charge is -2.36. The van der Waals surface area contributed by atoms with Gasteiger partial charge in [-0.1, -0.05) is 84.6 Å². The lowest BCUT2D eigenvalue weighted by atomic mass is 10.2. The molecular formula is C21H40O2Si. The van der Waals surface area contributed by atoms with Crippen LogP contribution in [0.5, 0.6) is 0 Å². The predicted molar refractivity (Wildman–Crippen MR) is 107 cm³/mol. The van der Waals surface area contributed by atoms with Gasteiger partial charge in [-0.3, -0.25) is 0 Å². The first-order valence-corrected chi connectivity index (χ1v) is 12.8. The molecule has 1 aliphatic carbocycles. The van der Waals surface area contributed by atoms with E-state index in [1.807, 2.05) is 0 Å². The van der Waals surface area contributed by atoms with Gasteiger partial charge in [0.2, 0.25) is 0 Å². The van der Waals surface area contributed by atoms with Crippen molar-refractivity contribution in [2.24, 2.45) is 0 Å². The Hall–Kier alpha value is -0.573. The minimum atomic E-state index is -2.00. The van der Waals surface area contributed by atoms with E-state index in [9.17, 15) is 4.79 Å². The predicted octanol–water partition coefficient (Wildman–Crippen LogP) is 7.16. The first kappa shape index (κ1) is 21.5. The molecule has 140 valence electrons.